The average molecular weight is 254 g/mol. The highest BCUT2D eigenvalue weighted by molar-refractivity contribution is 7.10. The van der Waals surface area contributed by atoms with Crippen LogP contribution in [0.15, 0.2) is 22.5 Å². The number of hydrogen-bond donors (Lipinski definition) is 3. The van der Waals surface area contributed by atoms with E-state index in [0.29, 0.717) is 11.9 Å². The second-order valence-corrected chi connectivity index (χ2v) is 5.33. The molecule has 0 fully saturated rings. The fourth-order valence-corrected chi connectivity index (χ4v) is 2.30. The quantitative estimate of drug-likeness (QED) is 0.327. The maximum atomic E-state index is 5.48. The highest BCUT2D eigenvalue weighted by atomic mass is 32.1. The van der Waals surface area contributed by atoms with E-state index < -0.39 is 0 Å². The maximum Gasteiger partial charge on any atom is 0.206 e. The first-order valence-corrected chi connectivity index (χ1v) is 6.86. The summed E-state index contributed by atoms with van der Waals surface area (Å²) < 4.78 is 0. The summed E-state index contributed by atoms with van der Waals surface area (Å²) in [5.74, 6) is 6.67. The van der Waals surface area contributed by atoms with Crippen molar-refractivity contribution in [3.63, 3.8) is 0 Å². The summed E-state index contributed by atoms with van der Waals surface area (Å²) >= 11 is 1.75. The molecule has 0 saturated heterocycles. The van der Waals surface area contributed by atoms with Crippen LogP contribution in [0.25, 0.3) is 0 Å². The van der Waals surface area contributed by atoms with Gasteiger partial charge in [0.05, 0.1) is 6.04 Å². The summed E-state index contributed by atoms with van der Waals surface area (Å²) in [4.78, 5) is 5.72. The number of nitrogens with zero attached hydrogens (tertiary/aromatic N) is 1. The Morgan fingerprint density at radius 2 is 2.29 bits per heavy atom. The Labute approximate surface area is 107 Å². The molecule has 4 N–H and O–H groups in total. The van der Waals surface area contributed by atoms with E-state index in [-0.39, 0.29) is 6.04 Å². The van der Waals surface area contributed by atoms with Crippen LogP contribution in [0.1, 0.15) is 38.1 Å². The van der Waals surface area contributed by atoms with Crippen LogP contribution in [0.4, 0.5) is 0 Å². The smallest absolute Gasteiger partial charge is 0.206 e. The molecule has 1 aromatic rings. The Bertz CT molecular complexity index is 332. The fraction of sp³-hybridized carbons (Fsp3) is 0.583. The lowest BCUT2D eigenvalue weighted by molar-refractivity contribution is 0.608. The number of hydrazine groups is 1. The molecule has 0 aliphatic heterocycles. The van der Waals surface area contributed by atoms with Gasteiger partial charge in [0, 0.05) is 11.4 Å². The van der Waals surface area contributed by atoms with E-state index in [9.17, 15) is 0 Å². The Hall–Kier alpha value is -1.07. The Kier molecular flexibility index (Phi) is 6.00. The van der Waals surface area contributed by atoms with Crippen molar-refractivity contribution >= 4 is 17.3 Å². The van der Waals surface area contributed by atoms with Crippen molar-refractivity contribution in [3.8, 4) is 0 Å². The van der Waals surface area contributed by atoms with Gasteiger partial charge < -0.3 is 5.32 Å². The molecular weight excluding hydrogens is 232 g/mol. The number of aliphatic imine (C=N–C) groups is 1. The van der Waals surface area contributed by atoms with Crippen LogP contribution >= 0.6 is 11.3 Å². The zero-order valence-corrected chi connectivity index (χ0v) is 11.6. The molecule has 0 radical (unpaired) electrons. The number of rotatable bonds is 5. The van der Waals surface area contributed by atoms with Gasteiger partial charge in [0.1, 0.15) is 0 Å². The Morgan fingerprint density at radius 3 is 2.76 bits per heavy atom. The van der Waals surface area contributed by atoms with Gasteiger partial charge in [0.25, 0.3) is 0 Å². The molecule has 0 aromatic carbocycles. The summed E-state index contributed by atoms with van der Waals surface area (Å²) in [5, 5.41) is 5.42. The SMILES string of the molecule is CCC(NC(=NCC(C)C)NN)c1cccs1. The Balaban J connectivity index is 2.62. The van der Waals surface area contributed by atoms with Crippen LogP contribution in [0, 0.1) is 5.92 Å². The van der Waals surface area contributed by atoms with Crippen LogP contribution in [-0.4, -0.2) is 12.5 Å². The largest absolute Gasteiger partial charge is 0.348 e. The van der Waals surface area contributed by atoms with Crippen LogP contribution in [-0.2, 0) is 0 Å². The molecule has 1 heterocycles. The van der Waals surface area contributed by atoms with E-state index >= 15 is 0 Å². The third-order valence-corrected chi connectivity index (χ3v) is 3.34. The van der Waals surface area contributed by atoms with Gasteiger partial charge >= 0.3 is 0 Å². The molecule has 17 heavy (non-hydrogen) atoms. The van der Waals surface area contributed by atoms with E-state index in [0.717, 1.165) is 13.0 Å². The van der Waals surface area contributed by atoms with Gasteiger partial charge in [-0.2, -0.15) is 0 Å². The topological polar surface area (TPSA) is 62.4 Å². The predicted molar refractivity (Wildman–Crippen MR) is 74.9 cm³/mol. The number of nitrogens with two attached hydrogens (primary N) is 1. The molecule has 1 unspecified atom stereocenters. The highest BCUT2D eigenvalue weighted by Crippen LogP contribution is 2.21. The minimum absolute atomic E-state index is 0.275. The summed E-state index contributed by atoms with van der Waals surface area (Å²) in [5.41, 5.74) is 2.63. The van der Waals surface area contributed by atoms with Gasteiger partial charge in [-0.25, -0.2) is 5.84 Å². The number of thiophene rings is 1. The van der Waals surface area contributed by atoms with E-state index in [1.807, 2.05) is 0 Å². The van der Waals surface area contributed by atoms with Gasteiger partial charge in [-0.3, -0.25) is 10.4 Å². The lowest BCUT2D eigenvalue weighted by Crippen LogP contribution is -2.43. The van der Waals surface area contributed by atoms with Crippen LogP contribution in [0.5, 0.6) is 0 Å². The number of guanidine groups is 1. The minimum Gasteiger partial charge on any atom is -0.348 e. The molecule has 1 aromatic heterocycles. The van der Waals surface area contributed by atoms with E-state index in [4.69, 9.17) is 5.84 Å². The standard InChI is InChI=1S/C12H22N4S/c1-4-10(11-6-5-7-17-11)15-12(16-13)14-8-9(2)3/h5-7,9-10H,4,8,13H2,1-3H3,(H2,14,15,16). The van der Waals surface area contributed by atoms with Gasteiger partial charge in [-0.1, -0.05) is 26.8 Å². The van der Waals surface area contributed by atoms with Gasteiger partial charge in [0.15, 0.2) is 0 Å². The minimum atomic E-state index is 0.275. The molecule has 0 bridgehead atoms. The molecule has 0 spiro atoms. The van der Waals surface area contributed by atoms with Crippen molar-refractivity contribution < 1.29 is 0 Å². The number of nitrogens with one attached hydrogen (secondary N) is 2. The van der Waals surface area contributed by atoms with E-state index in [1.165, 1.54) is 4.88 Å². The molecule has 0 aliphatic rings. The molecule has 1 rings (SSSR count). The molecule has 0 aliphatic carbocycles. The van der Waals surface area contributed by atoms with Crippen LogP contribution < -0.4 is 16.6 Å². The van der Waals surface area contributed by atoms with Crippen molar-refractivity contribution in [1.82, 2.24) is 10.7 Å². The molecule has 4 nitrogen and oxygen atoms in total. The third kappa shape index (κ3) is 4.75. The summed E-state index contributed by atoms with van der Waals surface area (Å²) in [6.07, 6.45) is 1.00. The zero-order valence-electron chi connectivity index (χ0n) is 10.7. The predicted octanol–water partition coefficient (Wildman–Crippen LogP) is 2.26. The second kappa shape index (κ2) is 7.29. The van der Waals surface area contributed by atoms with Crippen molar-refractivity contribution in [1.29, 1.82) is 0 Å². The van der Waals surface area contributed by atoms with Gasteiger partial charge in [-0.15, -0.1) is 11.3 Å². The zero-order chi connectivity index (χ0) is 12.7. The first-order chi connectivity index (χ1) is 8.17. The molecule has 5 heteroatoms. The van der Waals surface area contributed by atoms with Crippen molar-refractivity contribution in [2.24, 2.45) is 16.8 Å². The van der Waals surface area contributed by atoms with E-state index in [1.54, 1.807) is 11.3 Å². The Morgan fingerprint density at radius 1 is 1.53 bits per heavy atom. The highest BCUT2D eigenvalue weighted by Gasteiger charge is 2.11. The first kappa shape index (κ1) is 14.0. The second-order valence-electron chi connectivity index (χ2n) is 4.35. The lowest BCUT2D eigenvalue weighted by atomic mass is 10.2. The van der Waals surface area contributed by atoms with Gasteiger partial charge in [-0.05, 0) is 23.8 Å². The van der Waals surface area contributed by atoms with Crippen LogP contribution in [0.2, 0.25) is 0 Å². The van der Waals surface area contributed by atoms with Crippen molar-refractivity contribution in [2.75, 3.05) is 6.54 Å². The van der Waals surface area contributed by atoms with Crippen molar-refractivity contribution in [3.05, 3.63) is 22.4 Å². The molecular formula is C12H22N4S. The average Bonchev–Trinajstić information content (AvgIpc) is 2.83. The van der Waals surface area contributed by atoms with E-state index in [2.05, 4.69) is 54.0 Å². The van der Waals surface area contributed by atoms with Gasteiger partial charge in [0.2, 0.25) is 5.96 Å². The normalized spacial score (nSPS) is 13.8. The first-order valence-electron chi connectivity index (χ1n) is 5.98. The fourth-order valence-electron chi connectivity index (χ4n) is 1.44. The molecule has 1 atom stereocenters. The van der Waals surface area contributed by atoms with Crippen LogP contribution in [0.3, 0.4) is 0 Å². The number of hydrogen-bond acceptors (Lipinski definition) is 3. The molecule has 0 saturated carbocycles. The lowest BCUT2D eigenvalue weighted by Gasteiger charge is -2.18. The summed E-state index contributed by atoms with van der Waals surface area (Å²) in [6, 6.07) is 4.46. The molecule has 96 valence electrons. The summed E-state index contributed by atoms with van der Waals surface area (Å²) in [6.45, 7) is 7.18. The summed E-state index contributed by atoms with van der Waals surface area (Å²) in [7, 11) is 0. The van der Waals surface area contributed by atoms with Crippen molar-refractivity contribution in [2.45, 2.75) is 33.2 Å². The monoisotopic (exact) mass is 254 g/mol. The third-order valence-electron chi connectivity index (χ3n) is 2.36. The maximum absolute atomic E-state index is 5.48. The molecule has 0 amide bonds.